The van der Waals surface area contributed by atoms with Crippen LogP contribution in [0.25, 0.3) is 0 Å². The maximum absolute atomic E-state index is 10.6. The fourth-order valence-electron chi connectivity index (χ4n) is 1.75. The lowest BCUT2D eigenvalue weighted by molar-refractivity contribution is 0.0690. The highest BCUT2D eigenvalue weighted by molar-refractivity contribution is 5.84. The zero-order valence-corrected chi connectivity index (χ0v) is 11.2. The van der Waals surface area contributed by atoms with Gasteiger partial charge in [0.25, 0.3) is 0 Å². The van der Waals surface area contributed by atoms with Crippen LogP contribution in [-0.2, 0) is 6.42 Å². The summed E-state index contributed by atoms with van der Waals surface area (Å²) in [5.41, 5.74) is 2.03. The van der Waals surface area contributed by atoms with Crippen molar-refractivity contribution in [1.29, 1.82) is 0 Å². The summed E-state index contributed by atoms with van der Waals surface area (Å²) in [6.07, 6.45) is 4.47. The van der Waals surface area contributed by atoms with Crippen molar-refractivity contribution in [2.24, 2.45) is 0 Å². The molecule has 20 heavy (non-hydrogen) atoms. The number of nitrogens with zero attached hydrogens (tertiary/aromatic N) is 3. The lowest BCUT2D eigenvalue weighted by Crippen LogP contribution is -2.07. The van der Waals surface area contributed by atoms with Gasteiger partial charge in [0.1, 0.15) is 5.82 Å². The standard InChI is InChI=1S/C14H16N4O2/c1-10-4-2-5-11(18-10)6-3-7-15-13-9-16-12(8-17-13)14(19)20/h2,4-5,8-9H,3,6-7H2,1H3,(H,15,17)(H,19,20). The fraction of sp³-hybridized carbons (Fsp3) is 0.286. The van der Waals surface area contributed by atoms with Crippen LogP contribution in [0.4, 0.5) is 5.82 Å². The maximum atomic E-state index is 10.6. The molecular weight excluding hydrogens is 256 g/mol. The van der Waals surface area contributed by atoms with Crippen molar-refractivity contribution < 1.29 is 9.90 Å². The summed E-state index contributed by atoms with van der Waals surface area (Å²) >= 11 is 0. The Morgan fingerprint density at radius 1 is 1.30 bits per heavy atom. The fourth-order valence-corrected chi connectivity index (χ4v) is 1.75. The molecule has 2 heterocycles. The molecule has 0 unspecified atom stereocenters. The monoisotopic (exact) mass is 272 g/mol. The number of pyridine rings is 1. The summed E-state index contributed by atoms with van der Waals surface area (Å²) in [5.74, 6) is -0.498. The van der Waals surface area contributed by atoms with Gasteiger partial charge in [-0.2, -0.15) is 0 Å². The minimum atomic E-state index is -1.07. The van der Waals surface area contributed by atoms with Crippen LogP contribution >= 0.6 is 0 Å². The van der Waals surface area contributed by atoms with Gasteiger partial charge in [-0.05, 0) is 31.9 Å². The van der Waals surface area contributed by atoms with Gasteiger partial charge in [-0.1, -0.05) is 6.07 Å². The summed E-state index contributed by atoms with van der Waals surface area (Å²) in [6, 6.07) is 5.98. The Bertz CT molecular complexity index is 584. The highest BCUT2D eigenvalue weighted by Gasteiger charge is 2.04. The van der Waals surface area contributed by atoms with E-state index in [1.54, 1.807) is 0 Å². The van der Waals surface area contributed by atoms with Crippen LogP contribution in [0.2, 0.25) is 0 Å². The molecule has 6 heteroatoms. The van der Waals surface area contributed by atoms with Crippen LogP contribution in [0.15, 0.2) is 30.6 Å². The third-order valence-electron chi connectivity index (χ3n) is 2.73. The van der Waals surface area contributed by atoms with Gasteiger partial charge in [-0.3, -0.25) is 4.98 Å². The second kappa shape index (κ2) is 6.60. The molecule has 0 saturated heterocycles. The van der Waals surface area contributed by atoms with E-state index in [-0.39, 0.29) is 5.69 Å². The Morgan fingerprint density at radius 3 is 2.80 bits per heavy atom. The Labute approximate surface area is 116 Å². The molecule has 2 N–H and O–H groups in total. The van der Waals surface area contributed by atoms with E-state index in [0.29, 0.717) is 5.82 Å². The van der Waals surface area contributed by atoms with E-state index in [1.807, 2.05) is 25.1 Å². The molecule has 0 atom stereocenters. The van der Waals surface area contributed by atoms with Crippen LogP contribution < -0.4 is 5.32 Å². The van der Waals surface area contributed by atoms with Crippen molar-refractivity contribution in [2.45, 2.75) is 19.8 Å². The minimum Gasteiger partial charge on any atom is -0.476 e. The topological polar surface area (TPSA) is 88.0 Å². The molecule has 0 aliphatic rings. The Hall–Kier alpha value is -2.50. The molecule has 0 amide bonds. The lowest BCUT2D eigenvalue weighted by atomic mass is 10.2. The molecule has 2 rings (SSSR count). The Kier molecular flexibility index (Phi) is 4.60. The maximum Gasteiger partial charge on any atom is 0.356 e. The van der Waals surface area contributed by atoms with Crippen molar-refractivity contribution >= 4 is 11.8 Å². The zero-order chi connectivity index (χ0) is 14.4. The number of nitrogens with one attached hydrogen (secondary N) is 1. The molecular formula is C14H16N4O2. The largest absolute Gasteiger partial charge is 0.476 e. The van der Waals surface area contributed by atoms with E-state index in [1.165, 1.54) is 12.4 Å². The first-order chi connectivity index (χ1) is 9.65. The van der Waals surface area contributed by atoms with Gasteiger partial charge in [0.15, 0.2) is 5.69 Å². The van der Waals surface area contributed by atoms with Crippen molar-refractivity contribution in [3.63, 3.8) is 0 Å². The zero-order valence-electron chi connectivity index (χ0n) is 11.2. The molecule has 2 aromatic rings. The van der Waals surface area contributed by atoms with Crippen LogP contribution in [0, 0.1) is 6.92 Å². The summed E-state index contributed by atoms with van der Waals surface area (Å²) < 4.78 is 0. The molecule has 0 fully saturated rings. The van der Waals surface area contributed by atoms with Gasteiger partial charge < -0.3 is 10.4 Å². The second-order valence-electron chi connectivity index (χ2n) is 4.39. The molecule has 0 radical (unpaired) electrons. The lowest BCUT2D eigenvalue weighted by Gasteiger charge is -2.05. The van der Waals surface area contributed by atoms with Crippen LogP contribution in [0.1, 0.15) is 28.3 Å². The average Bonchev–Trinajstić information content (AvgIpc) is 2.44. The van der Waals surface area contributed by atoms with E-state index < -0.39 is 5.97 Å². The van der Waals surface area contributed by atoms with Gasteiger partial charge in [0.2, 0.25) is 0 Å². The first-order valence-corrected chi connectivity index (χ1v) is 6.37. The normalized spacial score (nSPS) is 10.2. The average molecular weight is 272 g/mol. The third kappa shape index (κ3) is 4.01. The number of hydrogen-bond donors (Lipinski definition) is 2. The molecule has 0 aliphatic carbocycles. The minimum absolute atomic E-state index is 0.0560. The molecule has 6 nitrogen and oxygen atoms in total. The number of carbonyl (C=O) groups is 1. The number of rotatable bonds is 6. The number of hydrogen-bond acceptors (Lipinski definition) is 5. The SMILES string of the molecule is Cc1cccc(CCCNc2cnc(C(=O)O)cn2)n1. The van der Waals surface area contributed by atoms with Crippen LogP contribution in [0.3, 0.4) is 0 Å². The quantitative estimate of drug-likeness (QED) is 0.781. The van der Waals surface area contributed by atoms with Gasteiger partial charge in [0, 0.05) is 17.9 Å². The van der Waals surface area contributed by atoms with Crippen molar-refractivity contribution in [1.82, 2.24) is 15.0 Å². The molecule has 0 aliphatic heterocycles. The van der Waals surface area contributed by atoms with Gasteiger partial charge >= 0.3 is 5.97 Å². The highest BCUT2D eigenvalue weighted by Crippen LogP contribution is 2.04. The van der Waals surface area contributed by atoms with Gasteiger partial charge in [-0.25, -0.2) is 14.8 Å². The van der Waals surface area contributed by atoms with E-state index in [4.69, 9.17) is 5.11 Å². The number of carboxylic acids is 1. The first kappa shape index (κ1) is 13.9. The van der Waals surface area contributed by atoms with E-state index >= 15 is 0 Å². The van der Waals surface area contributed by atoms with Gasteiger partial charge in [-0.15, -0.1) is 0 Å². The van der Waals surface area contributed by atoms with Crippen LogP contribution in [0.5, 0.6) is 0 Å². The third-order valence-corrected chi connectivity index (χ3v) is 2.73. The second-order valence-corrected chi connectivity index (χ2v) is 4.39. The molecule has 2 aromatic heterocycles. The molecule has 0 spiro atoms. The number of anilines is 1. The van der Waals surface area contributed by atoms with E-state index in [2.05, 4.69) is 20.3 Å². The summed E-state index contributed by atoms with van der Waals surface area (Å²) in [6.45, 7) is 2.71. The Balaban J connectivity index is 1.77. The predicted molar refractivity (Wildman–Crippen MR) is 74.8 cm³/mol. The highest BCUT2D eigenvalue weighted by atomic mass is 16.4. The summed E-state index contributed by atoms with van der Waals surface area (Å²) in [5, 5.41) is 11.8. The molecule has 0 saturated carbocycles. The number of aromatic nitrogens is 3. The molecule has 0 bridgehead atoms. The first-order valence-electron chi connectivity index (χ1n) is 6.37. The van der Waals surface area contributed by atoms with E-state index in [0.717, 1.165) is 30.8 Å². The van der Waals surface area contributed by atoms with Crippen molar-refractivity contribution in [3.05, 3.63) is 47.7 Å². The predicted octanol–water partition coefficient (Wildman–Crippen LogP) is 1.92. The Morgan fingerprint density at radius 2 is 2.15 bits per heavy atom. The molecule has 104 valence electrons. The van der Waals surface area contributed by atoms with Crippen molar-refractivity contribution in [2.75, 3.05) is 11.9 Å². The van der Waals surface area contributed by atoms with E-state index in [9.17, 15) is 4.79 Å². The summed E-state index contributed by atoms with van der Waals surface area (Å²) in [7, 11) is 0. The molecule has 0 aromatic carbocycles. The van der Waals surface area contributed by atoms with Crippen molar-refractivity contribution in [3.8, 4) is 0 Å². The van der Waals surface area contributed by atoms with Gasteiger partial charge in [0.05, 0.1) is 12.4 Å². The van der Waals surface area contributed by atoms with Crippen LogP contribution in [-0.4, -0.2) is 32.6 Å². The smallest absolute Gasteiger partial charge is 0.356 e. The number of aryl methyl sites for hydroxylation is 2. The summed E-state index contributed by atoms with van der Waals surface area (Å²) in [4.78, 5) is 22.8. The number of carboxylic acid groups (broad SMARTS) is 1. The number of aromatic carboxylic acids is 1.